The first kappa shape index (κ1) is 13.8. The Morgan fingerprint density at radius 3 is 2.37 bits per heavy atom. The standard InChI is InChI=1S/C14H15IN2O2/c1-18-13-6-4-10(8-14(13)19-2)17-12-5-3-9(16)7-11(12)15/h3-8,17H,16H2,1-2H3. The van der Waals surface area contributed by atoms with E-state index in [1.165, 1.54) is 0 Å². The number of halogens is 1. The molecular weight excluding hydrogens is 355 g/mol. The van der Waals surface area contributed by atoms with E-state index in [1.54, 1.807) is 14.2 Å². The fourth-order valence-corrected chi connectivity index (χ4v) is 2.38. The summed E-state index contributed by atoms with van der Waals surface area (Å²) in [5, 5.41) is 3.33. The maximum Gasteiger partial charge on any atom is 0.162 e. The Kier molecular flexibility index (Phi) is 4.36. The molecule has 0 saturated heterocycles. The molecule has 0 radical (unpaired) electrons. The number of hydrogen-bond donors (Lipinski definition) is 2. The third kappa shape index (κ3) is 3.23. The van der Waals surface area contributed by atoms with Crippen LogP contribution in [0.4, 0.5) is 17.1 Å². The van der Waals surface area contributed by atoms with Gasteiger partial charge in [-0.2, -0.15) is 0 Å². The number of nitrogen functional groups attached to an aromatic ring is 1. The Morgan fingerprint density at radius 1 is 1.00 bits per heavy atom. The van der Waals surface area contributed by atoms with Crippen LogP contribution >= 0.6 is 22.6 Å². The van der Waals surface area contributed by atoms with E-state index in [0.717, 1.165) is 20.6 Å². The molecule has 2 aromatic rings. The lowest BCUT2D eigenvalue weighted by Gasteiger charge is -2.12. The molecule has 0 aliphatic rings. The molecule has 3 N–H and O–H groups in total. The molecule has 0 amide bonds. The van der Waals surface area contributed by atoms with Crippen molar-refractivity contribution in [3.8, 4) is 11.5 Å². The summed E-state index contributed by atoms with van der Waals surface area (Å²) >= 11 is 2.25. The highest BCUT2D eigenvalue weighted by molar-refractivity contribution is 14.1. The lowest BCUT2D eigenvalue weighted by molar-refractivity contribution is 0.355. The molecule has 0 spiro atoms. The predicted octanol–water partition coefficient (Wildman–Crippen LogP) is 3.63. The fraction of sp³-hybridized carbons (Fsp3) is 0.143. The van der Waals surface area contributed by atoms with Gasteiger partial charge in [-0.25, -0.2) is 0 Å². The summed E-state index contributed by atoms with van der Waals surface area (Å²) in [4.78, 5) is 0. The van der Waals surface area contributed by atoms with Crippen LogP contribution in [-0.4, -0.2) is 14.2 Å². The smallest absolute Gasteiger partial charge is 0.162 e. The quantitative estimate of drug-likeness (QED) is 0.638. The molecule has 0 aliphatic heterocycles. The zero-order valence-corrected chi connectivity index (χ0v) is 12.9. The molecule has 0 heterocycles. The third-order valence-corrected chi connectivity index (χ3v) is 3.55. The number of nitrogens with two attached hydrogens (primary N) is 1. The highest BCUT2D eigenvalue weighted by Crippen LogP contribution is 2.32. The number of rotatable bonds is 4. The van der Waals surface area contributed by atoms with Crippen molar-refractivity contribution in [1.82, 2.24) is 0 Å². The SMILES string of the molecule is COc1ccc(Nc2ccc(N)cc2I)cc1OC. The molecule has 0 aliphatic carbocycles. The van der Waals surface area contributed by atoms with Gasteiger partial charge in [-0.1, -0.05) is 0 Å². The van der Waals surface area contributed by atoms with E-state index in [4.69, 9.17) is 15.2 Å². The minimum absolute atomic E-state index is 0.693. The van der Waals surface area contributed by atoms with Gasteiger partial charge >= 0.3 is 0 Å². The van der Waals surface area contributed by atoms with Crippen molar-refractivity contribution >= 4 is 39.7 Å². The highest BCUT2D eigenvalue weighted by Gasteiger charge is 2.06. The van der Waals surface area contributed by atoms with Gasteiger partial charge in [-0.05, 0) is 52.9 Å². The average Bonchev–Trinajstić information content (AvgIpc) is 2.41. The fourth-order valence-electron chi connectivity index (χ4n) is 1.70. The van der Waals surface area contributed by atoms with Gasteiger partial charge in [-0.3, -0.25) is 0 Å². The first-order valence-electron chi connectivity index (χ1n) is 5.68. The summed E-state index contributed by atoms with van der Waals surface area (Å²) in [6.07, 6.45) is 0. The Bertz CT molecular complexity index is 588. The van der Waals surface area contributed by atoms with E-state index in [-0.39, 0.29) is 0 Å². The summed E-state index contributed by atoms with van der Waals surface area (Å²) in [6, 6.07) is 11.4. The van der Waals surface area contributed by atoms with Crippen LogP contribution in [0.25, 0.3) is 0 Å². The van der Waals surface area contributed by atoms with Crippen LogP contribution in [0.3, 0.4) is 0 Å². The zero-order valence-electron chi connectivity index (χ0n) is 10.7. The monoisotopic (exact) mass is 370 g/mol. The minimum atomic E-state index is 0.693. The second-order valence-corrected chi connectivity index (χ2v) is 5.10. The van der Waals surface area contributed by atoms with E-state index in [1.807, 2.05) is 36.4 Å². The molecule has 2 rings (SSSR count). The first-order valence-corrected chi connectivity index (χ1v) is 6.76. The van der Waals surface area contributed by atoms with Gasteiger partial charge in [-0.15, -0.1) is 0 Å². The second kappa shape index (κ2) is 6.01. The van der Waals surface area contributed by atoms with Crippen molar-refractivity contribution in [2.75, 3.05) is 25.3 Å². The number of nitrogens with one attached hydrogen (secondary N) is 1. The Labute approximate surface area is 126 Å². The van der Waals surface area contributed by atoms with E-state index < -0.39 is 0 Å². The van der Waals surface area contributed by atoms with Gasteiger partial charge in [0.15, 0.2) is 11.5 Å². The Balaban J connectivity index is 2.28. The summed E-state index contributed by atoms with van der Waals surface area (Å²) < 4.78 is 11.5. The molecule has 2 aromatic carbocycles. The molecule has 0 aromatic heterocycles. The average molecular weight is 370 g/mol. The van der Waals surface area contributed by atoms with Gasteiger partial charge in [0.25, 0.3) is 0 Å². The zero-order chi connectivity index (χ0) is 13.8. The molecule has 0 atom stereocenters. The number of anilines is 3. The Morgan fingerprint density at radius 2 is 1.74 bits per heavy atom. The highest BCUT2D eigenvalue weighted by atomic mass is 127. The van der Waals surface area contributed by atoms with Crippen LogP contribution < -0.4 is 20.5 Å². The number of benzene rings is 2. The van der Waals surface area contributed by atoms with Crippen molar-refractivity contribution in [2.24, 2.45) is 0 Å². The van der Waals surface area contributed by atoms with Crippen molar-refractivity contribution in [2.45, 2.75) is 0 Å². The Hall–Kier alpha value is -1.63. The van der Waals surface area contributed by atoms with Gasteiger partial charge in [0.05, 0.1) is 19.9 Å². The van der Waals surface area contributed by atoms with Gasteiger partial charge < -0.3 is 20.5 Å². The molecule has 19 heavy (non-hydrogen) atoms. The van der Waals surface area contributed by atoms with Crippen LogP contribution in [0, 0.1) is 3.57 Å². The number of methoxy groups -OCH3 is 2. The van der Waals surface area contributed by atoms with Gasteiger partial charge in [0, 0.05) is 21.0 Å². The topological polar surface area (TPSA) is 56.5 Å². The van der Waals surface area contributed by atoms with Crippen molar-refractivity contribution in [1.29, 1.82) is 0 Å². The van der Waals surface area contributed by atoms with Gasteiger partial charge in [0.1, 0.15) is 0 Å². The molecule has 0 saturated carbocycles. The maximum absolute atomic E-state index is 5.74. The minimum Gasteiger partial charge on any atom is -0.493 e. The number of ether oxygens (including phenoxy) is 2. The van der Waals surface area contributed by atoms with Crippen molar-refractivity contribution in [3.63, 3.8) is 0 Å². The maximum atomic E-state index is 5.74. The summed E-state index contributed by atoms with van der Waals surface area (Å²) in [6.45, 7) is 0. The molecular formula is C14H15IN2O2. The van der Waals surface area contributed by atoms with E-state index >= 15 is 0 Å². The van der Waals surface area contributed by atoms with Crippen LogP contribution in [0.1, 0.15) is 0 Å². The van der Waals surface area contributed by atoms with Crippen LogP contribution in [0.15, 0.2) is 36.4 Å². The molecule has 5 heteroatoms. The lowest BCUT2D eigenvalue weighted by Crippen LogP contribution is -1.96. The predicted molar refractivity (Wildman–Crippen MR) is 86.4 cm³/mol. The van der Waals surface area contributed by atoms with Crippen LogP contribution in [0.2, 0.25) is 0 Å². The molecule has 0 fully saturated rings. The van der Waals surface area contributed by atoms with Crippen LogP contribution in [-0.2, 0) is 0 Å². The van der Waals surface area contributed by atoms with E-state index in [0.29, 0.717) is 11.5 Å². The summed E-state index contributed by atoms with van der Waals surface area (Å²) in [5.41, 5.74) is 8.42. The first-order chi connectivity index (χ1) is 9.13. The lowest BCUT2D eigenvalue weighted by atomic mass is 10.2. The van der Waals surface area contributed by atoms with E-state index in [9.17, 15) is 0 Å². The number of hydrogen-bond acceptors (Lipinski definition) is 4. The third-order valence-electron chi connectivity index (χ3n) is 2.66. The van der Waals surface area contributed by atoms with Crippen molar-refractivity contribution in [3.05, 3.63) is 40.0 Å². The largest absolute Gasteiger partial charge is 0.493 e. The summed E-state index contributed by atoms with van der Waals surface area (Å²) in [7, 11) is 3.24. The molecule has 4 nitrogen and oxygen atoms in total. The normalized spacial score (nSPS) is 10.1. The summed E-state index contributed by atoms with van der Waals surface area (Å²) in [5.74, 6) is 1.40. The molecule has 100 valence electrons. The van der Waals surface area contributed by atoms with Gasteiger partial charge in [0.2, 0.25) is 0 Å². The van der Waals surface area contributed by atoms with Crippen molar-refractivity contribution < 1.29 is 9.47 Å². The second-order valence-electron chi connectivity index (χ2n) is 3.93. The molecule has 0 bridgehead atoms. The van der Waals surface area contributed by atoms with Crippen LogP contribution in [0.5, 0.6) is 11.5 Å². The van der Waals surface area contributed by atoms with E-state index in [2.05, 4.69) is 27.9 Å². The molecule has 0 unspecified atom stereocenters.